The highest BCUT2D eigenvalue weighted by Gasteiger charge is 2.15. The van der Waals surface area contributed by atoms with Crippen LogP contribution in [0, 0.1) is 5.92 Å². The second-order valence-corrected chi connectivity index (χ2v) is 5.77. The summed E-state index contributed by atoms with van der Waals surface area (Å²) in [7, 11) is 1.82. The third kappa shape index (κ3) is 9.78. The number of nitrogens with zero attached hydrogens (tertiary/aromatic N) is 2. The van der Waals surface area contributed by atoms with Crippen molar-refractivity contribution < 1.29 is 14.7 Å². The maximum absolute atomic E-state index is 12.1. The van der Waals surface area contributed by atoms with Crippen LogP contribution in [0.15, 0.2) is 0 Å². The van der Waals surface area contributed by atoms with E-state index in [1.807, 2.05) is 11.9 Å². The van der Waals surface area contributed by atoms with Crippen LogP contribution in [0.1, 0.15) is 46.5 Å². The Bertz CT molecular complexity index is 293. The van der Waals surface area contributed by atoms with Crippen LogP contribution in [-0.4, -0.2) is 60.0 Å². The quantitative estimate of drug-likeness (QED) is 0.631. The number of carbonyl (C=O) groups is 2. The van der Waals surface area contributed by atoms with Gasteiger partial charge >= 0.3 is 5.97 Å². The van der Waals surface area contributed by atoms with Crippen molar-refractivity contribution in [3.8, 4) is 0 Å². The summed E-state index contributed by atoms with van der Waals surface area (Å²) >= 11 is 0. The summed E-state index contributed by atoms with van der Waals surface area (Å²) < 4.78 is 0. The zero-order valence-corrected chi connectivity index (χ0v) is 13.4. The Morgan fingerprint density at radius 3 is 2.30 bits per heavy atom. The third-order valence-electron chi connectivity index (χ3n) is 3.30. The van der Waals surface area contributed by atoms with Gasteiger partial charge < -0.3 is 10.0 Å². The van der Waals surface area contributed by atoms with Crippen LogP contribution in [0.4, 0.5) is 0 Å². The molecule has 0 fully saturated rings. The summed E-state index contributed by atoms with van der Waals surface area (Å²) in [6.07, 6.45) is 3.13. The minimum absolute atomic E-state index is 0.0765. The van der Waals surface area contributed by atoms with E-state index < -0.39 is 5.97 Å². The molecule has 0 rings (SSSR count). The molecule has 20 heavy (non-hydrogen) atoms. The molecule has 0 aromatic heterocycles. The molecule has 0 bridgehead atoms. The molecule has 0 unspecified atom stereocenters. The number of carbonyl (C=O) groups excluding carboxylic acids is 1. The van der Waals surface area contributed by atoms with Crippen molar-refractivity contribution in [1.82, 2.24) is 9.80 Å². The van der Waals surface area contributed by atoms with E-state index in [2.05, 4.69) is 20.8 Å². The van der Waals surface area contributed by atoms with E-state index in [0.717, 1.165) is 32.4 Å². The topological polar surface area (TPSA) is 60.9 Å². The van der Waals surface area contributed by atoms with Crippen molar-refractivity contribution in [2.45, 2.75) is 46.5 Å². The predicted molar refractivity (Wildman–Crippen MR) is 80.7 cm³/mol. The van der Waals surface area contributed by atoms with Gasteiger partial charge in [0.25, 0.3) is 0 Å². The monoisotopic (exact) mass is 286 g/mol. The Kier molecular flexibility index (Phi) is 10.1. The Balaban J connectivity index is 4.29. The molecule has 5 heteroatoms. The maximum atomic E-state index is 12.1. The van der Waals surface area contributed by atoms with E-state index in [4.69, 9.17) is 5.11 Å². The normalized spacial score (nSPS) is 11.1. The molecule has 0 radical (unpaired) electrons. The van der Waals surface area contributed by atoms with Crippen LogP contribution >= 0.6 is 0 Å². The number of aliphatic carboxylic acids is 1. The first-order valence-electron chi connectivity index (χ1n) is 7.54. The molecule has 0 heterocycles. The number of likely N-dealkylation sites (N-methyl/N-ethyl adjacent to an activating group) is 1. The van der Waals surface area contributed by atoms with Gasteiger partial charge in [0.15, 0.2) is 0 Å². The minimum Gasteiger partial charge on any atom is -0.481 e. The van der Waals surface area contributed by atoms with E-state index >= 15 is 0 Å². The highest BCUT2D eigenvalue weighted by Crippen LogP contribution is 2.04. The first-order chi connectivity index (χ1) is 9.36. The van der Waals surface area contributed by atoms with E-state index in [0.29, 0.717) is 19.0 Å². The molecule has 0 spiro atoms. The molecule has 118 valence electrons. The van der Waals surface area contributed by atoms with E-state index in [9.17, 15) is 9.59 Å². The molecule has 0 aliphatic carbocycles. The Labute approximate surface area is 122 Å². The van der Waals surface area contributed by atoms with Gasteiger partial charge in [-0.25, -0.2) is 0 Å². The van der Waals surface area contributed by atoms with E-state index in [1.54, 1.807) is 4.90 Å². The van der Waals surface area contributed by atoms with Crippen LogP contribution in [0.3, 0.4) is 0 Å². The second kappa shape index (κ2) is 10.7. The van der Waals surface area contributed by atoms with Gasteiger partial charge in [-0.1, -0.05) is 27.2 Å². The van der Waals surface area contributed by atoms with Gasteiger partial charge in [-0.15, -0.1) is 0 Å². The molecular weight excluding hydrogens is 256 g/mol. The van der Waals surface area contributed by atoms with Crippen molar-refractivity contribution in [2.24, 2.45) is 5.92 Å². The van der Waals surface area contributed by atoms with Crippen LogP contribution in [0.2, 0.25) is 0 Å². The fourth-order valence-corrected chi connectivity index (χ4v) is 1.80. The largest absolute Gasteiger partial charge is 0.481 e. The van der Waals surface area contributed by atoms with Gasteiger partial charge in [0, 0.05) is 20.1 Å². The summed E-state index contributed by atoms with van der Waals surface area (Å²) in [5.41, 5.74) is 0. The summed E-state index contributed by atoms with van der Waals surface area (Å²) in [6.45, 7) is 8.66. The lowest BCUT2D eigenvalue weighted by Gasteiger charge is -2.25. The molecule has 0 aliphatic rings. The Morgan fingerprint density at radius 1 is 1.15 bits per heavy atom. The number of hydrogen-bond donors (Lipinski definition) is 1. The standard InChI is InChI=1S/C15H30N2O3/c1-5-6-9-16(4)14(18)12-17(10-7-13(2)3)11-8-15(19)20/h13H,5-12H2,1-4H3,(H,19,20). The van der Waals surface area contributed by atoms with Gasteiger partial charge in [0.2, 0.25) is 5.91 Å². The van der Waals surface area contributed by atoms with Crippen molar-refractivity contribution >= 4 is 11.9 Å². The summed E-state index contributed by atoms with van der Waals surface area (Å²) in [6, 6.07) is 0. The Morgan fingerprint density at radius 2 is 1.80 bits per heavy atom. The molecule has 1 amide bonds. The molecule has 0 aromatic rings. The molecule has 0 aromatic carbocycles. The van der Waals surface area contributed by atoms with Crippen LogP contribution in [0.5, 0.6) is 0 Å². The molecule has 0 saturated carbocycles. The summed E-state index contributed by atoms with van der Waals surface area (Å²) in [4.78, 5) is 26.5. The molecule has 0 aliphatic heterocycles. The maximum Gasteiger partial charge on any atom is 0.304 e. The first kappa shape index (κ1) is 18.9. The smallest absolute Gasteiger partial charge is 0.304 e. The zero-order chi connectivity index (χ0) is 15.5. The van der Waals surface area contributed by atoms with Gasteiger partial charge in [0.1, 0.15) is 0 Å². The number of carboxylic acid groups (broad SMARTS) is 1. The number of carboxylic acids is 1. The molecule has 0 atom stereocenters. The Hall–Kier alpha value is -1.10. The highest BCUT2D eigenvalue weighted by atomic mass is 16.4. The lowest BCUT2D eigenvalue weighted by atomic mass is 10.1. The van der Waals surface area contributed by atoms with Gasteiger partial charge in [-0.05, 0) is 25.3 Å². The fourth-order valence-electron chi connectivity index (χ4n) is 1.80. The van der Waals surface area contributed by atoms with Gasteiger partial charge in [0.05, 0.1) is 13.0 Å². The SMILES string of the molecule is CCCCN(C)C(=O)CN(CCC(=O)O)CCC(C)C. The first-order valence-corrected chi connectivity index (χ1v) is 7.54. The van der Waals surface area contributed by atoms with Crippen molar-refractivity contribution in [3.63, 3.8) is 0 Å². The number of hydrogen-bond acceptors (Lipinski definition) is 3. The number of rotatable bonds is 11. The van der Waals surface area contributed by atoms with E-state index in [-0.39, 0.29) is 12.3 Å². The predicted octanol–water partition coefficient (Wildman–Crippen LogP) is 2.07. The fraction of sp³-hybridized carbons (Fsp3) is 0.867. The lowest BCUT2D eigenvalue weighted by Crippen LogP contribution is -2.40. The lowest BCUT2D eigenvalue weighted by molar-refractivity contribution is -0.138. The van der Waals surface area contributed by atoms with Crippen LogP contribution in [-0.2, 0) is 9.59 Å². The molecule has 5 nitrogen and oxygen atoms in total. The summed E-state index contributed by atoms with van der Waals surface area (Å²) in [5.74, 6) is -0.186. The molecule has 0 saturated heterocycles. The van der Waals surface area contributed by atoms with Crippen molar-refractivity contribution in [1.29, 1.82) is 0 Å². The van der Waals surface area contributed by atoms with Gasteiger partial charge in [-0.2, -0.15) is 0 Å². The highest BCUT2D eigenvalue weighted by molar-refractivity contribution is 5.78. The number of unbranched alkanes of at least 4 members (excludes halogenated alkanes) is 1. The van der Waals surface area contributed by atoms with Crippen molar-refractivity contribution in [3.05, 3.63) is 0 Å². The molecular formula is C15H30N2O3. The summed E-state index contributed by atoms with van der Waals surface area (Å²) in [5, 5.41) is 8.78. The van der Waals surface area contributed by atoms with Crippen LogP contribution < -0.4 is 0 Å². The average molecular weight is 286 g/mol. The minimum atomic E-state index is -0.814. The number of amides is 1. The van der Waals surface area contributed by atoms with Crippen molar-refractivity contribution in [2.75, 3.05) is 33.2 Å². The van der Waals surface area contributed by atoms with Gasteiger partial charge in [-0.3, -0.25) is 14.5 Å². The van der Waals surface area contributed by atoms with Crippen LogP contribution in [0.25, 0.3) is 0 Å². The third-order valence-corrected chi connectivity index (χ3v) is 3.30. The molecule has 1 N–H and O–H groups in total. The second-order valence-electron chi connectivity index (χ2n) is 5.77. The zero-order valence-electron chi connectivity index (χ0n) is 13.4. The average Bonchev–Trinajstić information content (AvgIpc) is 2.38. The van der Waals surface area contributed by atoms with E-state index in [1.165, 1.54) is 0 Å².